The lowest BCUT2D eigenvalue weighted by Gasteiger charge is -2.18. The zero-order valence-electron chi connectivity index (χ0n) is 13.0. The number of carboxylic acids is 1. The molecule has 0 aliphatic heterocycles. The van der Waals surface area contributed by atoms with Gasteiger partial charge < -0.3 is 5.11 Å². The van der Waals surface area contributed by atoms with Crippen LogP contribution < -0.4 is 5.56 Å². The smallest absolute Gasteiger partial charge is 0.331 e. The topological polar surface area (TPSA) is 72.2 Å². The fourth-order valence-corrected chi connectivity index (χ4v) is 3.81. The Hall–Kier alpha value is -2.47. The van der Waals surface area contributed by atoms with Gasteiger partial charge in [-0.1, -0.05) is 30.3 Å². The summed E-state index contributed by atoms with van der Waals surface area (Å²) in [7, 11) is 0. The summed E-state index contributed by atoms with van der Waals surface area (Å²) in [4.78, 5) is 31.0. The number of benzene rings is 1. The van der Waals surface area contributed by atoms with Gasteiger partial charge in [0.1, 0.15) is 10.7 Å². The van der Waals surface area contributed by atoms with Crippen LogP contribution in [-0.2, 0) is 4.79 Å². The number of carboxylic acid groups (broad SMARTS) is 1. The highest BCUT2D eigenvalue weighted by Crippen LogP contribution is 2.28. The van der Waals surface area contributed by atoms with Gasteiger partial charge in [-0.2, -0.15) is 0 Å². The van der Waals surface area contributed by atoms with E-state index in [4.69, 9.17) is 0 Å². The second-order valence-electron chi connectivity index (χ2n) is 5.45. The molecule has 23 heavy (non-hydrogen) atoms. The first-order valence-electron chi connectivity index (χ1n) is 7.18. The molecule has 1 unspecified atom stereocenters. The van der Waals surface area contributed by atoms with Gasteiger partial charge in [0.15, 0.2) is 6.04 Å². The first-order valence-corrected chi connectivity index (χ1v) is 8.00. The van der Waals surface area contributed by atoms with Crippen LogP contribution in [0.25, 0.3) is 10.2 Å². The lowest BCUT2D eigenvalue weighted by molar-refractivity contribution is -0.139. The van der Waals surface area contributed by atoms with Crippen molar-refractivity contribution in [3.05, 3.63) is 62.5 Å². The van der Waals surface area contributed by atoms with Crippen LogP contribution in [-0.4, -0.2) is 20.6 Å². The van der Waals surface area contributed by atoms with E-state index in [0.29, 0.717) is 21.6 Å². The van der Waals surface area contributed by atoms with Gasteiger partial charge in [-0.3, -0.25) is 9.36 Å². The van der Waals surface area contributed by atoms with Crippen LogP contribution in [0.5, 0.6) is 0 Å². The minimum absolute atomic E-state index is 0.300. The number of nitrogens with zero attached hydrogens (tertiary/aromatic N) is 2. The van der Waals surface area contributed by atoms with E-state index < -0.39 is 12.0 Å². The predicted octanol–water partition coefficient (Wildman–Crippen LogP) is 3.06. The van der Waals surface area contributed by atoms with Gasteiger partial charge in [0.05, 0.1) is 5.39 Å². The fraction of sp³-hybridized carbons (Fsp3) is 0.235. The van der Waals surface area contributed by atoms with Crippen LogP contribution in [0.1, 0.15) is 27.9 Å². The van der Waals surface area contributed by atoms with Crippen LogP contribution >= 0.6 is 11.3 Å². The van der Waals surface area contributed by atoms with Crippen LogP contribution in [0.2, 0.25) is 0 Å². The van der Waals surface area contributed by atoms with Crippen molar-refractivity contribution >= 4 is 27.5 Å². The van der Waals surface area contributed by atoms with E-state index in [1.807, 2.05) is 19.9 Å². The molecule has 118 valence electrons. The standard InChI is InChI=1S/C17H16N2O3S/c1-9-10(2)23-15-13(9)16(20)19(11(3)18-15)14(17(21)22)12-7-5-4-6-8-12/h4-8,14H,1-3H3,(H,21,22). The number of fused-ring (bicyclic) bond motifs is 1. The zero-order chi connectivity index (χ0) is 16.7. The third-order valence-corrected chi connectivity index (χ3v) is 5.12. The maximum Gasteiger partial charge on any atom is 0.331 e. The van der Waals surface area contributed by atoms with E-state index in [0.717, 1.165) is 10.4 Å². The Bertz CT molecular complexity index is 957. The van der Waals surface area contributed by atoms with Gasteiger partial charge in [0.25, 0.3) is 5.56 Å². The van der Waals surface area contributed by atoms with E-state index in [2.05, 4.69) is 4.98 Å². The summed E-state index contributed by atoms with van der Waals surface area (Å²) in [6.07, 6.45) is 0. The van der Waals surface area contributed by atoms with E-state index in [1.165, 1.54) is 15.9 Å². The van der Waals surface area contributed by atoms with Crippen LogP contribution in [0.4, 0.5) is 0 Å². The third kappa shape index (κ3) is 2.45. The van der Waals surface area contributed by atoms with Crippen LogP contribution in [0.15, 0.2) is 35.1 Å². The number of carbonyl (C=O) groups is 1. The Kier molecular flexibility index (Phi) is 3.77. The van der Waals surface area contributed by atoms with E-state index in [1.54, 1.807) is 31.2 Å². The minimum atomic E-state index is -1.08. The van der Waals surface area contributed by atoms with Crippen molar-refractivity contribution < 1.29 is 9.90 Å². The van der Waals surface area contributed by atoms with Gasteiger partial charge >= 0.3 is 5.97 Å². The summed E-state index contributed by atoms with van der Waals surface area (Å²) in [6, 6.07) is 7.67. The number of aliphatic carboxylic acids is 1. The Morgan fingerprint density at radius 2 is 1.87 bits per heavy atom. The average molecular weight is 328 g/mol. The van der Waals surface area contributed by atoms with Crippen molar-refractivity contribution in [3.8, 4) is 0 Å². The molecule has 0 spiro atoms. The number of aromatic nitrogens is 2. The van der Waals surface area contributed by atoms with Crippen molar-refractivity contribution in [2.24, 2.45) is 0 Å². The van der Waals surface area contributed by atoms with Gasteiger partial charge in [0, 0.05) is 4.88 Å². The van der Waals surface area contributed by atoms with Crippen molar-refractivity contribution in [2.45, 2.75) is 26.8 Å². The quantitative estimate of drug-likeness (QED) is 0.802. The number of hydrogen-bond acceptors (Lipinski definition) is 4. The molecule has 6 heteroatoms. The molecule has 0 amide bonds. The molecule has 0 saturated heterocycles. The molecule has 0 fully saturated rings. The summed E-state index contributed by atoms with van der Waals surface area (Å²) in [5.41, 5.74) is 1.12. The zero-order valence-corrected chi connectivity index (χ0v) is 13.8. The highest BCUT2D eigenvalue weighted by molar-refractivity contribution is 7.18. The summed E-state index contributed by atoms with van der Waals surface area (Å²) in [6.45, 7) is 5.48. The molecule has 2 aromatic heterocycles. The predicted molar refractivity (Wildman–Crippen MR) is 90.3 cm³/mol. The molecular formula is C17H16N2O3S. The first-order chi connectivity index (χ1) is 10.9. The van der Waals surface area contributed by atoms with Crippen molar-refractivity contribution in [3.63, 3.8) is 0 Å². The molecule has 0 aliphatic carbocycles. The number of hydrogen-bond donors (Lipinski definition) is 1. The molecule has 0 radical (unpaired) electrons. The molecule has 2 heterocycles. The molecule has 3 rings (SSSR count). The van der Waals surface area contributed by atoms with E-state index in [-0.39, 0.29) is 5.56 Å². The molecule has 1 atom stereocenters. The summed E-state index contributed by atoms with van der Waals surface area (Å²) in [5.74, 6) is -0.674. The average Bonchev–Trinajstić information content (AvgIpc) is 2.78. The van der Waals surface area contributed by atoms with Gasteiger partial charge in [0.2, 0.25) is 0 Å². The second-order valence-corrected chi connectivity index (χ2v) is 6.65. The number of aryl methyl sites for hydroxylation is 3. The van der Waals surface area contributed by atoms with E-state index in [9.17, 15) is 14.7 Å². The minimum Gasteiger partial charge on any atom is -0.479 e. The van der Waals surface area contributed by atoms with Crippen LogP contribution in [0, 0.1) is 20.8 Å². The maximum absolute atomic E-state index is 13.0. The molecule has 3 aromatic rings. The Morgan fingerprint density at radius 1 is 1.22 bits per heavy atom. The molecule has 0 aliphatic rings. The highest BCUT2D eigenvalue weighted by atomic mass is 32.1. The maximum atomic E-state index is 13.0. The highest BCUT2D eigenvalue weighted by Gasteiger charge is 2.27. The Labute approximate surface area is 136 Å². The number of rotatable bonds is 3. The second kappa shape index (κ2) is 5.62. The summed E-state index contributed by atoms with van der Waals surface area (Å²) >= 11 is 1.46. The normalized spacial score (nSPS) is 12.5. The van der Waals surface area contributed by atoms with Crippen LogP contribution in [0.3, 0.4) is 0 Å². The third-order valence-electron chi connectivity index (χ3n) is 4.02. The molecular weight excluding hydrogens is 312 g/mol. The molecule has 0 bridgehead atoms. The molecule has 1 N–H and O–H groups in total. The van der Waals surface area contributed by atoms with Gasteiger partial charge in [-0.25, -0.2) is 9.78 Å². The monoisotopic (exact) mass is 328 g/mol. The van der Waals surface area contributed by atoms with Crippen molar-refractivity contribution in [2.75, 3.05) is 0 Å². The summed E-state index contributed by atoms with van der Waals surface area (Å²) in [5, 5.41) is 10.2. The Morgan fingerprint density at radius 3 is 2.48 bits per heavy atom. The number of thiophene rings is 1. The van der Waals surface area contributed by atoms with Crippen molar-refractivity contribution in [1.82, 2.24) is 9.55 Å². The van der Waals surface area contributed by atoms with Crippen molar-refractivity contribution in [1.29, 1.82) is 0 Å². The van der Waals surface area contributed by atoms with Gasteiger partial charge in [-0.05, 0) is 31.9 Å². The largest absolute Gasteiger partial charge is 0.479 e. The fourth-order valence-electron chi connectivity index (χ4n) is 2.75. The molecule has 5 nitrogen and oxygen atoms in total. The first kappa shape index (κ1) is 15.4. The lowest BCUT2D eigenvalue weighted by Crippen LogP contribution is -2.33. The van der Waals surface area contributed by atoms with E-state index >= 15 is 0 Å². The van der Waals surface area contributed by atoms with Gasteiger partial charge in [-0.15, -0.1) is 11.3 Å². The summed E-state index contributed by atoms with van der Waals surface area (Å²) < 4.78 is 1.28. The molecule has 0 saturated carbocycles. The lowest BCUT2D eigenvalue weighted by atomic mass is 10.1. The molecule has 1 aromatic carbocycles. The Balaban J connectivity index is 2.36. The SMILES string of the molecule is Cc1sc2nc(C)n(C(C(=O)O)c3ccccc3)c(=O)c2c1C.